The van der Waals surface area contributed by atoms with Crippen LogP contribution in [0.1, 0.15) is 35.7 Å². The molecule has 3 nitrogen and oxygen atoms in total. The Kier molecular flexibility index (Phi) is 3.91. The first-order valence-corrected chi connectivity index (χ1v) is 7.29. The van der Waals surface area contributed by atoms with Gasteiger partial charge in [-0.2, -0.15) is 0 Å². The van der Waals surface area contributed by atoms with E-state index in [2.05, 4.69) is 0 Å². The molecule has 3 heteroatoms. The van der Waals surface area contributed by atoms with Crippen LogP contribution in [0.5, 0.6) is 11.5 Å². The minimum Gasteiger partial charge on any atom is -0.489 e. The van der Waals surface area contributed by atoms with Gasteiger partial charge >= 0.3 is 0 Å². The Morgan fingerprint density at radius 1 is 1.14 bits per heavy atom. The standard InChI is InChI=1S/C18H18O3/c1-2-6-17-18(19)15-11-14(9-10-16(15)21-17)20-12-13-7-4-3-5-8-13/h3-5,7-11,17H,2,6,12H2,1H3. The summed E-state index contributed by atoms with van der Waals surface area (Å²) >= 11 is 0. The van der Waals surface area contributed by atoms with E-state index in [1.54, 1.807) is 6.07 Å². The predicted octanol–water partition coefficient (Wildman–Crippen LogP) is 4.01. The van der Waals surface area contributed by atoms with Crippen LogP contribution in [0.2, 0.25) is 0 Å². The third-order valence-electron chi connectivity index (χ3n) is 3.58. The van der Waals surface area contributed by atoms with E-state index in [4.69, 9.17) is 9.47 Å². The number of ether oxygens (including phenoxy) is 2. The summed E-state index contributed by atoms with van der Waals surface area (Å²) in [5, 5.41) is 0. The summed E-state index contributed by atoms with van der Waals surface area (Å²) in [6, 6.07) is 15.4. The topological polar surface area (TPSA) is 35.5 Å². The van der Waals surface area contributed by atoms with Gasteiger partial charge in [0.15, 0.2) is 6.10 Å². The number of hydrogen-bond acceptors (Lipinski definition) is 3. The molecule has 0 aliphatic carbocycles. The Morgan fingerprint density at radius 2 is 1.95 bits per heavy atom. The molecule has 0 aromatic heterocycles. The van der Waals surface area contributed by atoms with Gasteiger partial charge in [0, 0.05) is 0 Å². The van der Waals surface area contributed by atoms with Crippen LogP contribution in [0.25, 0.3) is 0 Å². The van der Waals surface area contributed by atoms with Crippen LogP contribution in [0.15, 0.2) is 48.5 Å². The zero-order chi connectivity index (χ0) is 14.7. The first-order chi connectivity index (χ1) is 10.3. The average Bonchev–Trinajstić information content (AvgIpc) is 2.83. The Hall–Kier alpha value is -2.29. The highest BCUT2D eigenvalue weighted by molar-refractivity contribution is 6.04. The second kappa shape index (κ2) is 6.00. The summed E-state index contributed by atoms with van der Waals surface area (Å²) < 4.78 is 11.4. The molecular weight excluding hydrogens is 264 g/mol. The molecule has 0 N–H and O–H groups in total. The summed E-state index contributed by atoms with van der Waals surface area (Å²) in [6.07, 6.45) is 1.37. The largest absolute Gasteiger partial charge is 0.489 e. The second-order valence-corrected chi connectivity index (χ2v) is 5.19. The Bertz CT molecular complexity index is 634. The molecule has 3 rings (SSSR count). The lowest BCUT2D eigenvalue weighted by Crippen LogP contribution is -2.19. The van der Waals surface area contributed by atoms with Gasteiger partial charge in [-0.3, -0.25) is 4.79 Å². The number of carbonyl (C=O) groups excluding carboxylic acids is 1. The maximum absolute atomic E-state index is 12.2. The first-order valence-electron chi connectivity index (χ1n) is 7.29. The average molecular weight is 282 g/mol. The van der Waals surface area contributed by atoms with Crippen LogP contribution in [0.3, 0.4) is 0 Å². The van der Waals surface area contributed by atoms with E-state index < -0.39 is 0 Å². The quantitative estimate of drug-likeness (QED) is 0.831. The SMILES string of the molecule is CCCC1Oc2ccc(OCc3ccccc3)cc2C1=O. The van der Waals surface area contributed by atoms with Gasteiger partial charge in [-0.15, -0.1) is 0 Å². The van der Waals surface area contributed by atoms with Gasteiger partial charge in [-0.25, -0.2) is 0 Å². The summed E-state index contributed by atoms with van der Waals surface area (Å²) in [7, 11) is 0. The van der Waals surface area contributed by atoms with Crippen molar-refractivity contribution in [3.8, 4) is 11.5 Å². The minimum absolute atomic E-state index is 0.0667. The van der Waals surface area contributed by atoms with Gasteiger partial charge in [-0.1, -0.05) is 43.7 Å². The van der Waals surface area contributed by atoms with E-state index in [-0.39, 0.29) is 11.9 Å². The molecule has 21 heavy (non-hydrogen) atoms. The van der Waals surface area contributed by atoms with Crippen LogP contribution in [-0.4, -0.2) is 11.9 Å². The molecule has 0 saturated carbocycles. The van der Waals surface area contributed by atoms with Crippen molar-refractivity contribution in [3.05, 3.63) is 59.7 Å². The van der Waals surface area contributed by atoms with Crippen molar-refractivity contribution in [2.45, 2.75) is 32.5 Å². The molecule has 0 fully saturated rings. The number of ketones is 1. The molecule has 1 aliphatic rings. The maximum atomic E-state index is 12.2. The number of benzene rings is 2. The number of Topliss-reactive ketones (excluding diaryl/α,β-unsaturated/α-hetero) is 1. The Balaban J connectivity index is 1.71. The molecule has 108 valence electrons. The molecule has 0 bridgehead atoms. The number of carbonyl (C=O) groups is 1. The van der Waals surface area contributed by atoms with Gasteiger partial charge in [0.25, 0.3) is 0 Å². The molecule has 0 saturated heterocycles. The fourth-order valence-corrected chi connectivity index (χ4v) is 2.47. The third-order valence-corrected chi connectivity index (χ3v) is 3.58. The van der Waals surface area contributed by atoms with Gasteiger partial charge < -0.3 is 9.47 Å². The van der Waals surface area contributed by atoms with E-state index in [1.807, 2.05) is 49.4 Å². The monoisotopic (exact) mass is 282 g/mol. The summed E-state index contributed by atoms with van der Waals surface area (Å²) in [6.45, 7) is 2.54. The predicted molar refractivity (Wildman–Crippen MR) is 80.9 cm³/mol. The molecule has 0 amide bonds. The fourth-order valence-electron chi connectivity index (χ4n) is 2.47. The van der Waals surface area contributed by atoms with E-state index in [9.17, 15) is 4.79 Å². The number of rotatable bonds is 5. The van der Waals surface area contributed by atoms with Gasteiger partial charge in [0.05, 0.1) is 5.56 Å². The van der Waals surface area contributed by atoms with Crippen molar-refractivity contribution in [1.29, 1.82) is 0 Å². The van der Waals surface area contributed by atoms with E-state index in [0.29, 0.717) is 23.7 Å². The first kappa shape index (κ1) is 13.7. The lowest BCUT2D eigenvalue weighted by atomic mass is 10.1. The van der Waals surface area contributed by atoms with Crippen LogP contribution in [0.4, 0.5) is 0 Å². The normalized spacial score (nSPS) is 16.4. The lowest BCUT2D eigenvalue weighted by Gasteiger charge is -2.07. The van der Waals surface area contributed by atoms with Gasteiger partial charge in [-0.05, 0) is 30.2 Å². The zero-order valence-corrected chi connectivity index (χ0v) is 12.0. The molecule has 0 radical (unpaired) electrons. The summed E-state index contributed by atoms with van der Waals surface area (Å²) in [5.74, 6) is 1.44. The second-order valence-electron chi connectivity index (χ2n) is 5.19. The molecule has 1 atom stereocenters. The smallest absolute Gasteiger partial charge is 0.207 e. The van der Waals surface area contributed by atoms with Crippen molar-refractivity contribution < 1.29 is 14.3 Å². The molecular formula is C18H18O3. The molecule has 2 aromatic rings. The Morgan fingerprint density at radius 3 is 2.71 bits per heavy atom. The molecule has 1 unspecified atom stereocenters. The van der Waals surface area contributed by atoms with Crippen LogP contribution in [-0.2, 0) is 6.61 Å². The fraction of sp³-hybridized carbons (Fsp3) is 0.278. The lowest BCUT2D eigenvalue weighted by molar-refractivity contribution is 0.0845. The van der Waals surface area contributed by atoms with Crippen LogP contribution >= 0.6 is 0 Å². The van der Waals surface area contributed by atoms with Crippen molar-refractivity contribution in [2.75, 3.05) is 0 Å². The number of fused-ring (bicyclic) bond motifs is 1. The van der Waals surface area contributed by atoms with Gasteiger partial charge in [0.2, 0.25) is 5.78 Å². The highest BCUT2D eigenvalue weighted by Crippen LogP contribution is 2.33. The minimum atomic E-state index is -0.325. The molecule has 1 heterocycles. The summed E-state index contributed by atoms with van der Waals surface area (Å²) in [4.78, 5) is 12.2. The summed E-state index contributed by atoms with van der Waals surface area (Å²) in [5.41, 5.74) is 1.74. The molecule has 2 aromatic carbocycles. The van der Waals surface area contributed by atoms with Gasteiger partial charge in [0.1, 0.15) is 18.1 Å². The molecule has 0 spiro atoms. The van der Waals surface area contributed by atoms with Crippen molar-refractivity contribution in [2.24, 2.45) is 0 Å². The van der Waals surface area contributed by atoms with Crippen molar-refractivity contribution in [3.63, 3.8) is 0 Å². The highest BCUT2D eigenvalue weighted by Gasteiger charge is 2.31. The number of hydrogen-bond donors (Lipinski definition) is 0. The van der Waals surface area contributed by atoms with Crippen molar-refractivity contribution >= 4 is 5.78 Å². The van der Waals surface area contributed by atoms with Crippen LogP contribution in [0, 0.1) is 0 Å². The van der Waals surface area contributed by atoms with E-state index in [1.165, 1.54) is 0 Å². The van der Waals surface area contributed by atoms with E-state index >= 15 is 0 Å². The Labute approximate surface area is 124 Å². The highest BCUT2D eigenvalue weighted by atomic mass is 16.5. The molecule has 1 aliphatic heterocycles. The zero-order valence-electron chi connectivity index (χ0n) is 12.0. The van der Waals surface area contributed by atoms with Crippen molar-refractivity contribution in [1.82, 2.24) is 0 Å². The maximum Gasteiger partial charge on any atom is 0.207 e. The third kappa shape index (κ3) is 2.92. The van der Waals surface area contributed by atoms with Crippen LogP contribution < -0.4 is 9.47 Å². The van der Waals surface area contributed by atoms with E-state index in [0.717, 1.165) is 18.4 Å².